The summed E-state index contributed by atoms with van der Waals surface area (Å²) >= 11 is 8.05. The summed E-state index contributed by atoms with van der Waals surface area (Å²) in [6.07, 6.45) is 3.31. The van der Waals surface area contributed by atoms with Crippen LogP contribution in [0.25, 0.3) is 28.7 Å². The Morgan fingerprint density at radius 3 is 2.52 bits per heavy atom. The first kappa shape index (κ1) is 21.0. The molecule has 4 rings (SSSR count). The predicted octanol–water partition coefficient (Wildman–Crippen LogP) is 5.43. The number of aromatic hydroxyl groups is 1. The third kappa shape index (κ3) is 4.30. The molecule has 0 aliphatic rings. The second-order valence-corrected chi connectivity index (χ2v) is 8.27. The highest BCUT2D eigenvalue weighted by molar-refractivity contribution is 14.1. The van der Waals surface area contributed by atoms with E-state index in [9.17, 15) is 20.0 Å². The fourth-order valence-corrected chi connectivity index (χ4v) is 3.77. The van der Waals surface area contributed by atoms with Gasteiger partial charge in [-0.25, -0.2) is 4.98 Å². The van der Waals surface area contributed by atoms with Crippen LogP contribution >= 0.6 is 34.2 Å². The van der Waals surface area contributed by atoms with E-state index in [1.54, 1.807) is 36.4 Å². The molecule has 154 valence electrons. The van der Waals surface area contributed by atoms with Gasteiger partial charge >= 0.3 is 0 Å². The SMILES string of the molecule is O=c1c2cc(I)ccc2nc(/C=C/c2ccc(O)cc2)n1-c1ccc(Cl)cc1[N+](=O)[O-]. The molecule has 0 atom stereocenters. The van der Waals surface area contributed by atoms with Crippen LogP contribution in [0.1, 0.15) is 11.4 Å². The van der Waals surface area contributed by atoms with Crippen molar-refractivity contribution in [2.75, 3.05) is 0 Å². The van der Waals surface area contributed by atoms with Crippen molar-refractivity contribution in [2.45, 2.75) is 0 Å². The van der Waals surface area contributed by atoms with Crippen molar-refractivity contribution in [3.05, 3.63) is 101 Å². The molecule has 0 saturated carbocycles. The average Bonchev–Trinajstić information content (AvgIpc) is 2.74. The van der Waals surface area contributed by atoms with Crippen LogP contribution in [-0.4, -0.2) is 19.6 Å². The molecule has 0 fully saturated rings. The number of phenolic OH excluding ortho intramolecular Hbond substituents is 1. The van der Waals surface area contributed by atoms with Crippen LogP contribution in [-0.2, 0) is 0 Å². The Labute approximate surface area is 194 Å². The summed E-state index contributed by atoms with van der Waals surface area (Å²) in [6, 6.07) is 15.8. The van der Waals surface area contributed by atoms with Gasteiger partial charge in [-0.15, -0.1) is 0 Å². The monoisotopic (exact) mass is 545 g/mol. The van der Waals surface area contributed by atoms with E-state index in [0.29, 0.717) is 10.9 Å². The van der Waals surface area contributed by atoms with Crippen molar-refractivity contribution in [1.82, 2.24) is 9.55 Å². The van der Waals surface area contributed by atoms with E-state index < -0.39 is 10.5 Å². The van der Waals surface area contributed by atoms with Gasteiger partial charge < -0.3 is 5.11 Å². The fourth-order valence-electron chi connectivity index (χ4n) is 3.11. The molecule has 1 heterocycles. The maximum absolute atomic E-state index is 13.4. The fraction of sp³-hybridized carbons (Fsp3) is 0. The minimum atomic E-state index is -0.583. The molecule has 0 saturated heterocycles. The van der Waals surface area contributed by atoms with Gasteiger partial charge in [0.05, 0.1) is 15.8 Å². The summed E-state index contributed by atoms with van der Waals surface area (Å²) < 4.78 is 2.05. The van der Waals surface area contributed by atoms with Gasteiger partial charge in [0.25, 0.3) is 11.2 Å². The van der Waals surface area contributed by atoms with Crippen LogP contribution in [0.15, 0.2) is 65.5 Å². The van der Waals surface area contributed by atoms with E-state index >= 15 is 0 Å². The number of aromatic nitrogens is 2. The number of fused-ring (bicyclic) bond motifs is 1. The summed E-state index contributed by atoms with van der Waals surface area (Å²) in [7, 11) is 0. The van der Waals surface area contributed by atoms with Gasteiger partial charge in [0.1, 0.15) is 17.3 Å². The Bertz CT molecular complexity index is 1420. The molecular formula is C22H13ClIN3O4. The Morgan fingerprint density at radius 1 is 1.06 bits per heavy atom. The quantitative estimate of drug-likeness (QED) is 0.210. The molecule has 1 N–H and O–H groups in total. The zero-order valence-electron chi connectivity index (χ0n) is 15.7. The van der Waals surface area contributed by atoms with Crippen LogP contribution < -0.4 is 5.56 Å². The van der Waals surface area contributed by atoms with E-state index in [4.69, 9.17) is 11.6 Å². The van der Waals surface area contributed by atoms with Crippen molar-refractivity contribution in [3.8, 4) is 11.4 Å². The molecule has 3 aromatic carbocycles. The Hall–Kier alpha value is -3.24. The number of halogens is 2. The lowest BCUT2D eigenvalue weighted by Gasteiger charge is -2.12. The highest BCUT2D eigenvalue weighted by atomic mass is 127. The molecule has 31 heavy (non-hydrogen) atoms. The van der Waals surface area contributed by atoms with Crippen molar-refractivity contribution in [3.63, 3.8) is 0 Å². The third-order valence-corrected chi connectivity index (χ3v) is 5.46. The molecule has 7 nitrogen and oxygen atoms in total. The average molecular weight is 546 g/mol. The number of nitro benzene ring substituents is 1. The molecule has 0 aliphatic carbocycles. The van der Waals surface area contributed by atoms with Gasteiger partial charge in [-0.3, -0.25) is 19.5 Å². The van der Waals surface area contributed by atoms with Crippen LogP contribution in [0, 0.1) is 13.7 Å². The van der Waals surface area contributed by atoms with Gasteiger partial charge in [-0.2, -0.15) is 0 Å². The number of nitrogens with zero attached hydrogens (tertiary/aromatic N) is 3. The summed E-state index contributed by atoms with van der Waals surface area (Å²) in [5.74, 6) is 0.349. The molecule has 9 heteroatoms. The van der Waals surface area contributed by atoms with Crippen LogP contribution in [0.4, 0.5) is 5.69 Å². The van der Waals surface area contributed by atoms with E-state index in [2.05, 4.69) is 27.6 Å². The lowest BCUT2D eigenvalue weighted by molar-refractivity contribution is -0.384. The molecular weight excluding hydrogens is 533 g/mol. The maximum atomic E-state index is 13.4. The lowest BCUT2D eigenvalue weighted by atomic mass is 10.2. The molecule has 4 aromatic rings. The zero-order chi connectivity index (χ0) is 22.1. The van der Waals surface area contributed by atoms with Crippen molar-refractivity contribution in [2.24, 2.45) is 0 Å². The van der Waals surface area contributed by atoms with Crippen molar-refractivity contribution in [1.29, 1.82) is 0 Å². The first-order valence-electron chi connectivity index (χ1n) is 8.97. The summed E-state index contributed by atoms with van der Waals surface area (Å²) in [6.45, 7) is 0. The van der Waals surface area contributed by atoms with Gasteiger partial charge in [0.15, 0.2) is 0 Å². The van der Waals surface area contributed by atoms with Crippen LogP contribution in [0.3, 0.4) is 0 Å². The highest BCUT2D eigenvalue weighted by Crippen LogP contribution is 2.28. The van der Waals surface area contributed by atoms with Crippen LogP contribution in [0.5, 0.6) is 5.75 Å². The number of nitro groups is 1. The molecule has 0 unspecified atom stereocenters. The first-order chi connectivity index (χ1) is 14.8. The van der Waals surface area contributed by atoms with Gasteiger partial charge in [-0.05, 0) is 76.7 Å². The normalized spacial score (nSPS) is 11.3. The first-order valence-corrected chi connectivity index (χ1v) is 10.4. The number of benzene rings is 3. The lowest BCUT2D eigenvalue weighted by Crippen LogP contribution is -2.23. The van der Waals surface area contributed by atoms with E-state index in [-0.39, 0.29) is 28.0 Å². The van der Waals surface area contributed by atoms with Crippen molar-refractivity contribution < 1.29 is 10.0 Å². The standard InChI is InChI=1S/C22H13ClIN3O4/c23-14-4-9-19(20(11-14)27(30)31)26-21(10-3-13-1-6-16(28)7-2-13)25-18-8-5-15(24)12-17(18)22(26)29/h1-12,28H/b10-3+. The largest absolute Gasteiger partial charge is 0.508 e. The zero-order valence-corrected chi connectivity index (χ0v) is 18.6. The smallest absolute Gasteiger partial charge is 0.294 e. The van der Waals surface area contributed by atoms with Gasteiger partial charge in [-0.1, -0.05) is 29.8 Å². The van der Waals surface area contributed by atoms with E-state index in [0.717, 1.165) is 9.13 Å². The summed E-state index contributed by atoms with van der Waals surface area (Å²) in [4.78, 5) is 29.1. The molecule has 1 aromatic heterocycles. The highest BCUT2D eigenvalue weighted by Gasteiger charge is 2.21. The molecule has 0 aliphatic heterocycles. The molecule has 0 bridgehead atoms. The Kier molecular flexibility index (Phi) is 5.75. The van der Waals surface area contributed by atoms with Crippen molar-refractivity contribution >= 4 is 62.9 Å². The molecule has 0 amide bonds. The minimum Gasteiger partial charge on any atom is -0.508 e. The second kappa shape index (κ2) is 8.48. The number of phenols is 1. The number of rotatable bonds is 4. The molecule has 0 spiro atoms. The predicted molar refractivity (Wildman–Crippen MR) is 129 cm³/mol. The summed E-state index contributed by atoms with van der Waals surface area (Å²) in [5, 5.41) is 21.7. The molecule has 0 radical (unpaired) electrons. The topological polar surface area (TPSA) is 98.3 Å². The van der Waals surface area contributed by atoms with Gasteiger partial charge in [0.2, 0.25) is 0 Å². The summed E-state index contributed by atoms with van der Waals surface area (Å²) in [5.41, 5.74) is 0.563. The van der Waals surface area contributed by atoms with Crippen LogP contribution in [0.2, 0.25) is 5.02 Å². The Morgan fingerprint density at radius 2 is 1.81 bits per heavy atom. The minimum absolute atomic E-state index is 0.0676. The van der Waals surface area contributed by atoms with Gasteiger partial charge in [0, 0.05) is 14.7 Å². The van der Waals surface area contributed by atoms with E-state index in [1.807, 2.05) is 6.07 Å². The number of hydrogen-bond acceptors (Lipinski definition) is 5. The third-order valence-electron chi connectivity index (χ3n) is 4.55. The maximum Gasteiger partial charge on any atom is 0.294 e. The van der Waals surface area contributed by atoms with E-state index in [1.165, 1.54) is 34.9 Å². The second-order valence-electron chi connectivity index (χ2n) is 6.59. The Balaban J connectivity index is 2.01. The number of hydrogen-bond donors (Lipinski definition) is 1.